The van der Waals surface area contributed by atoms with Crippen molar-refractivity contribution in [3.05, 3.63) is 0 Å². The molecule has 0 aliphatic heterocycles. The maximum Gasteiger partial charge on any atom is 1.00 e. The van der Waals surface area contributed by atoms with Crippen LogP contribution in [0.15, 0.2) is 0 Å². The Bertz CT molecular complexity index is 212. The van der Waals surface area contributed by atoms with Crippen LogP contribution in [0.5, 0.6) is 0 Å². The van der Waals surface area contributed by atoms with Crippen molar-refractivity contribution in [3.63, 3.8) is 0 Å². The first-order chi connectivity index (χ1) is 3.85. The van der Waals surface area contributed by atoms with E-state index in [1.807, 2.05) is 0 Å². The van der Waals surface area contributed by atoms with Crippen LogP contribution in [0.4, 0.5) is 0 Å². The molecule has 10 heavy (non-hydrogen) atoms. The maximum absolute atomic E-state index is 10.0. The summed E-state index contributed by atoms with van der Waals surface area (Å²) in [5.41, 5.74) is -2.29. The maximum atomic E-state index is 10.0. The fraction of sp³-hybridized carbons (Fsp3) is 0.667. The van der Waals surface area contributed by atoms with Crippen molar-refractivity contribution in [2.45, 2.75) is 12.4 Å². The minimum absolute atomic E-state index is 0. The van der Waals surface area contributed by atoms with Crippen molar-refractivity contribution < 1.29 is 53.9 Å². The van der Waals surface area contributed by atoms with Crippen molar-refractivity contribution in [3.8, 4) is 0 Å². The van der Waals surface area contributed by atoms with Crippen LogP contribution < -0.4 is 29.6 Å². The van der Waals surface area contributed by atoms with Gasteiger partial charge in [0.1, 0.15) is 0 Å². The number of hydrogen-bond acceptors (Lipinski definition) is 4. The van der Waals surface area contributed by atoms with Crippen molar-refractivity contribution in [1.82, 2.24) is 0 Å². The van der Waals surface area contributed by atoms with Gasteiger partial charge in [0, 0.05) is 0 Å². The summed E-state index contributed by atoms with van der Waals surface area (Å²) in [5.74, 6) is -1.00. The Morgan fingerprint density at radius 2 is 1.90 bits per heavy atom. The molecule has 0 aliphatic rings. The molecule has 0 amide bonds. The smallest absolute Gasteiger partial charge is 1.00 e. The molecule has 0 spiro atoms. The summed E-state index contributed by atoms with van der Waals surface area (Å²) >= 11 is 0. The largest absolute Gasteiger partial charge is 1.00 e. The molecule has 56 valence electrons. The molecule has 1 unspecified atom stereocenters. The summed E-state index contributed by atoms with van der Waals surface area (Å²) in [6.07, 6.45) is 0. The van der Waals surface area contributed by atoms with E-state index in [4.69, 9.17) is 9.66 Å². The summed E-state index contributed by atoms with van der Waals surface area (Å²) in [5, 5.41) is 8.28. The van der Waals surface area contributed by atoms with Gasteiger partial charge in [0.25, 0.3) is 10.1 Å². The molecule has 5 nitrogen and oxygen atoms in total. The molecule has 0 saturated carbocycles. The first-order valence-corrected chi connectivity index (χ1v) is 3.51. The second-order valence-electron chi connectivity index (χ2n) is 1.48. The molecular weight excluding hydrogens is 171 g/mol. The summed E-state index contributed by atoms with van der Waals surface area (Å²) in [6, 6.07) is 0. The van der Waals surface area contributed by atoms with E-state index >= 15 is 0 Å². The van der Waals surface area contributed by atoms with E-state index in [1.165, 1.54) is 0 Å². The molecule has 0 aromatic carbocycles. The van der Waals surface area contributed by atoms with Crippen molar-refractivity contribution in [2.24, 2.45) is 0 Å². The topological polar surface area (TPSA) is 91.7 Å². The van der Waals surface area contributed by atoms with Crippen LogP contribution in [-0.4, -0.2) is 29.3 Å². The van der Waals surface area contributed by atoms with Crippen LogP contribution in [0.3, 0.4) is 0 Å². The SMILES string of the molecule is CC(=O)C(O)S(=O)(=O)O.[H-].[Na+]. The third-order valence-electron chi connectivity index (χ3n) is 0.630. The van der Waals surface area contributed by atoms with E-state index < -0.39 is 21.3 Å². The van der Waals surface area contributed by atoms with Gasteiger partial charge in [-0.05, 0) is 6.92 Å². The average molecular weight is 178 g/mol. The van der Waals surface area contributed by atoms with Gasteiger partial charge in [-0.15, -0.1) is 0 Å². The molecule has 0 radical (unpaired) electrons. The summed E-state index contributed by atoms with van der Waals surface area (Å²) in [7, 11) is -4.60. The van der Waals surface area contributed by atoms with E-state index in [0.29, 0.717) is 0 Å². The molecule has 0 rings (SSSR count). The summed E-state index contributed by atoms with van der Waals surface area (Å²) < 4.78 is 27.7. The monoisotopic (exact) mass is 178 g/mol. The average Bonchev–Trinajstić information content (AvgIpc) is 1.62. The van der Waals surface area contributed by atoms with Crippen LogP contribution in [0.1, 0.15) is 8.35 Å². The minimum atomic E-state index is -4.60. The van der Waals surface area contributed by atoms with Crippen LogP contribution in [-0.2, 0) is 14.9 Å². The van der Waals surface area contributed by atoms with Crippen molar-refractivity contribution >= 4 is 15.9 Å². The van der Waals surface area contributed by atoms with Gasteiger partial charge in [0.05, 0.1) is 0 Å². The van der Waals surface area contributed by atoms with E-state index in [9.17, 15) is 13.2 Å². The van der Waals surface area contributed by atoms with Gasteiger partial charge < -0.3 is 6.53 Å². The molecule has 7 heteroatoms. The minimum Gasteiger partial charge on any atom is -1.00 e. The zero-order chi connectivity index (χ0) is 7.65. The van der Waals surface area contributed by atoms with Gasteiger partial charge in [-0.2, -0.15) is 8.42 Å². The Labute approximate surface area is 82.0 Å². The fourth-order valence-electron chi connectivity index (χ4n) is 0.210. The predicted molar refractivity (Wildman–Crippen MR) is 29.3 cm³/mol. The normalized spacial score (nSPS) is 13.5. The molecule has 0 fully saturated rings. The number of ketones is 1. The number of carbonyl (C=O) groups excluding carboxylic acids is 1. The molecule has 1 atom stereocenters. The number of hydrogen-bond donors (Lipinski definition) is 2. The number of aliphatic hydroxyl groups excluding tert-OH is 1. The molecule has 0 heterocycles. The van der Waals surface area contributed by atoms with E-state index in [0.717, 1.165) is 6.92 Å². The number of rotatable bonds is 2. The van der Waals surface area contributed by atoms with Gasteiger partial charge >= 0.3 is 29.6 Å². The van der Waals surface area contributed by atoms with E-state index in [1.54, 1.807) is 0 Å². The first kappa shape index (κ1) is 13.2. The molecule has 2 N–H and O–H groups in total. The second-order valence-corrected chi connectivity index (χ2v) is 2.95. The number of aliphatic hydroxyl groups is 1. The van der Waals surface area contributed by atoms with Crippen LogP contribution >= 0.6 is 0 Å². The van der Waals surface area contributed by atoms with Gasteiger partial charge in [-0.25, -0.2) is 0 Å². The Balaban J connectivity index is -0.000000320. The molecule has 0 aliphatic carbocycles. The Morgan fingerprint density at radius 3 is 1.90 bits per heavy atom. The molecular formula is C3H7NaO5S. The summed E-state index contributed by atoms with van der Waals surface area (Å²) in [4.78, 5) is 10.0. The first-order valence-electron chi connectivity index (χ1n) is 2.00. The quantitative estimate of drug-likeness (QED) is 0.331. The van der Waals surface area contributed by atoms with Crippen LogP contribution in [0.25, 0.3) is 0 Å². The van der Waals surface area contributed by atoms with Gasteiger partial charge in [-0.3, -0.25) is 9.35 Å². The van der Waals surface area contributed by atoms with Crippen LogP contribution in [0.2, 0.25) is 0 Å². The summed E-state index contributed by atoms with van der Waals surface area (Å²) in [6.45, 7) is 0.860. The molecule has 0 bridgehead atoms. The fourth-order valence-corrected chi connectivity index (χ4v) is 0.629. The Hall–Kier alpha value is 0.540. The third-order valence-corrected chi connectivity index (χ3v) is 1.53. The van der Waals surface area contributed by atoms with Crippen molar-refractivity contribution in [1.29, 1.82) is 0 Å². The molecule has 0 aromatic heterocycles. The standard InChI is InChI=1S/C3H6O5S.Na.H/c1-2(4)3(5)9(6,7)8;;/h3,5H,1H3,(H,6,7,8);;/q;+1;-1. The zero-order valence-electron chi connectivity index (χ0n) is 6.60. The van der Waals surface area contributed by atoms with Gasteiger partial charge in [-0.1, -0.05) is 0 Å². The van der Waals surface area contributed by atoms with E-state index in [2.05, 4.69) is 0 Å². The van der Waals surface area contributed by atoms with Crippen molar-refractivity contribution in [2.75, 3.05) is 0 Å². The number of Topliss-reactive ketones (excluding diaryl/α,β-unsaturated/α-hetero) is 1. The number of carbonyl (C=O) groups is 1. The third kappa shape index (κ3) is 4.37. The Kier molecular flexibility index (Phi) is 5.82. The predicted octanol–water partition coefficient (Wildman–Crippen LogP) is -4.10. The van der Waals surface area contributed by atoms with E-state index in [-0.39, 0.29) is 31.0 Å². The molecule has 0 aromatic rings. The Morgan fingerprint density at radius 1 is 1.60 bits per heavy atom. The van der Waals surface area contributed by atoms with Gasteiger partial charge in [0.15, 0.2) is 5.78 Å². The molecule has 0 saturated heterocycles. The van der Waals surface area contributed by atoms with Gasteiger partial charge in [0.2, 0.25) is 5.44 Å². The zero-order valence-corrected chi connectivity index (χ0v) is 8.42. The van der Waals surface area contributed by atoms with Crippen LogP contribution in [0, 0.1) is 0 Å². The second kappa shape index (κ2) is 4.42.